The quantitative estimate of drug-likeness (QED) is 0.852. The average Bonchev–Trinajstić information content (AvgIpc) is 3.10. The molecule has 6 heteroatoms. The molecule has 1 heterocycles. The summed E-state index contributed by atoms with van der Waals surface area (Å²) >= 11 is 0. The topological polar surface area (TPSA) is 73.6 Å². The fourth-order valence-corrected chi connectivity index (χ4v) is 3.49. The number of hydrogen-bond donors (Lipinski definition) is 2. The smallest absolute Gasteiger partial charge is 0.240 e. The third kappa shape index (κ3) is 3.78. The lowest BCUT2D eigenvalue weighted by atomic mass is 9.98. The van der Waals surface area contributed by atoms with Crippen LogP contribution in [0.1, 0.15) is 50.7 Å². The zero-order valence-electron chi connectivity index (χ0n) is 14.4. The molecular formula is C18H27ClN2O3. The van der Waals surface area contributed by atoms with Gasteiger partial charge in [-0.3, -0.25) is 4.79 Å². The van der Waals surface area contributed by atoms with Crippen LogP contribution in [0.2, 0.25) is 0 Å². The Hall–Kier alpha value is -1.46. The van der Waals surface area contributed by atoms with Gasteiger partial charge in [0.05, 0.1) is 12.1 Å². The van der Waals surface area contributed by atoms with E-state index < -0.39 is 5.54 Å². The number of carbonyl (C=O) groups is 1. The first-order valence-corrected chi connectivity index (χ1v) is 8.54. The van der Waals surface area contributed by atoms with E-state index >= 15 is 0 Å². The van der Waals surface area contributed by atoms with E-state index in [1.54, 1.807) is 0 Å². The van der Waals surface area contributed by atoms with Crippen molar-refractivity contribution in [3.63, 3.8) is 0 Å². The molecule has 24 heavy (non-hydrogen) atoms. The minimum atomic E-state index is -0.701. The number of nitrogens with two attached hydrogens (primary N) is 1. The van der Waals surface area contributed by atoms with Crippen molar-refractivity contribution in [3.05, 3.63) is 23.3 Å². The molecule has 1 fully saturated rings. The van der Waals surface area contributed by atoms with Gasteiger partial charge in [-0.2, -0.15) is 0 Å². The van der Waals surface area contributed by atoms with Gasteiger partial charge in [-0.05, 0) is 38.8 Å². The molecule has 0 saturated heterocycles. The summed E-state index contributed by atoms with van der Waals surface area (Å²) in [7, 11) is 0. The Labute approximate surface area is 149 Å². The minimum Gasteiger partial charge on any atom is -0.494 e. The molecule has 1 aliphatic carbocycles. The monoisotopic (exact) mass is 354 g/mol. The van der Waals surface area contributed by atoms with Crippen LogP contribution in [0.4, 0.5) is 0 Å². The van der Waals surface area contributed by atoms with Crippen molar-refractivity contribution < 1.29 is 14.3 Å². The Bertz CT molecular complexity index is 600. The molecule has 5 nitrogen and oxygen atoms in total. The molecule has 0 radical (unpaired) electrons. The molecular weight excluding hydrogens is 328 g/mol. The Kier molecular flexibility index (Phi) is 5.99. The molecule has 1 aliphatic heterocycles. The van der Waals surface area contributed by atoms with Crippen LogP contribution in [0, 0.1) is 0 Å². The van der Waals surface area contributed by atoms with Crippen LogP contribution in [0.15, 0.2) is 12.1 Å². The number of carbonyl (C=O) groups excluding carboxylic acids is 1. The fourth-order valence-electron chi connectivity index (χ4n) is 3.49. The molecule has 2 aliphatic rings. The molecule has 3 rings (SSSR count). The highest BCUT2D eigenvalue weighted by molar-refractivity contribution is 5.86. The van der Waals surface area contributed by atoms with Gasteiger partial charge in [0.15, 0.2) is 0 Å². The molecule has 3 N–H and O–H groups in total. The van der Waals surface area contributed by atoms with Crippen molar-refractivity contribution in [1.29, 1.82) is 0 Å². The maximum Gasteiger partial charge on any atom is 0.240 e. The second-order valence-electron chi connectivity index (χ2n) is 6.68. The van der Waals surface area contributed by atoms with Gasteiger partial charge >= 0.3 is 0 Å². The lowest BCUT2D eigenvalue weighted by molar-refractivity contribution is -0.126. The maximum atomic E-state index is 12.4. The third-order valence-electron chi connectivity index (χ3n) is 4.77. The fraction of sp³-hybridized carbons (Fsp3) is 0.611. The van der Waals surface area contributed by atoms with Gasteiger partial charge in [0.1, 0.15) is 17.6 Å². The van der Waals surface area contributed by atoms with Crippen LogP contribution >= 0.6 is 12.4 Å². The van der Waals surface area contributed by atoms with E-state index in [4.69, 9.17) is 15.2 Å². The van der Waals surface area contributed by atoms with E-state index in [1.165, 1.54) is 5.56 Å². The van der Waals surface area contributed by atoms with Crippen LogP contribution in [-0.2, 0) is 17.8 Å². The standard InChI is InChI=1S/C18H26N2O3.ClH/c1-3-22-15-9-13-8-12(2)23-16(13)10-14(15)11-20-17(21)18(19)6-4-5-7-18;/h9-10,12H,3-8,11,19H2,1-2H3,(H,20,21);1H. The van der Waals surface area contributed by atoms with Crippen molar-refractivity contribution in [1.82, 2.24) is 5.32 Å². The number of halogens is 1. The molecule has 1 aromatic carbocycles. The van der Waals surface area contributed by atoms with Gasteiger partial charge in [-0.15, -0.1) is 12.4 Å². The summed E-state index contributed by atoms with van der Waals surface area (Å²) in [5.74, 6) is 1.66. The second kappa shape index (κ2) is 7.62. The third-order valence-corrected chi connectivity index (χ3v) is 4.77. The highest BCUT2D eigenvalue weighted by Gasteiger charge is 2.36. The summed E-state index contributed by atoms with van der Waals surface area (Å²) < 4.78 is 11.6. The number of fused-ring (bicyclic) bond motifs is 1. The van der Waals surface area contributed by atoms with Gasteiger partial charge in [0, 0.05) is 24.1 Å². The Balaban J connectivity index is 0.00000208. The summed E-state index contributed by atoms with van der Waals surface area (Å²) in [5, 5.41) is 2.98. The molecule has 0 bridgehead atoms. The van der Waals surface area contributed by atoms with Gasteiger partial charge in [-0.1, -0.05) is 12.8 Å². The number of benzene rings is 1. The average molecular weight is 355 g/mol. The summed E-state index contributed by atoms with van der Waals surface area (Å²) in [6, 6.07) is 4.03. The molecule has 0 spiro atoms. The van der Waals surface area contributed by atoms with E-state index in [9.17, 15) is 4.79 Å². The first kappa shape index (κ1) is 18.9. The number of hydrogen-bond acceptors (Lipinski definition) is 4. The molecule has 134 valence electrons. The minimum absolute atomic E-state index is 0. The summed E-state index contributed by atoms with van der Waals surface area (Å²) in [4.78, 5) is 12.4. The van der Waals surface area contributed by atoms with Gasteiger partial charge < -0.3 is 20.5 Å². The molecule has 0 aromatic heterocycles. The Morgan fingerprint density at radius 3 is 2.79 bits per heavy atom. The molecule has 1 atom stereocenters. The Morgan fingerprint density at radius 1 is 1.42 bits per heavy atom. The maximum absolute atomic E-state index is 12.4. The predicted octanol–water partition coefficient (Wildman–Crippen LogP) is 2.72. The van der Waals surface area contributed by atoms with E-state index in [-0.39, 0.29) is 24.4 Å². The van der Waals surface area contributed by atoms with Crippen molar-refractivity contribution >= 4 is 18.3 Å². The largest absolute Gasteiger partial charge is 0.494 e. The van der Waals surface area contributed by atoms with E-state index in [0.717, 1.165) is 49.2 Å². The van der Waals surface area contributed by atoms with Crippen molar-refractivity contribution in [3.8, 4) is 11.5 Å². The lowest BCUT2D eigenvalue weighted by Crippen LogP contribution is -2.51. The molecule has 1 aromatic rings. The number of amides is 1. The van der Waals surface area contributed by atoms with E-state index in [2.05, 4.69) is 12.2 Å². The molecule has 1 amide bonds. The summed E-state index contributed by atoms with van der Waals surface area (Å²) in [5.41, 5.74) is 7.61. The normalized spacial score (nSPS) is 20.7. The number of ether oxygens (including phenoxy) is 2. The summed E-state index contributed by atoms with van der Waals surface area (Å²) in [6.45, 7) is 5.03. The van der Waals surface area contributed by atoms with Crippen LogP contribution in [0.25, 0.3) is 0 Å². The highest BCUT2D eigenvalue weighted by atomic mass is 35.5. The van der Waals surface area contributed by atoms with Gasteiger partial charge in [-0.25, -0.2) is 0 Å². The van der Waals surface area contributed by atoms with Crippen LogP contribution in [-0.4, -0.2) is 24.2 Å². The van der Waals surface area contributed by atoms with Crippen LogP contribution in [0.3, 0.4) is 0 Å². The van der Waals surface area contributed by atoms with Crippen molar-refractivity contribution in [2.45, 2.75) is 64.1 Å². The molecule has 1 unspecified atom stereocenters. The second-order valence-corrected chi connectivity index (χ2v) is 6.68. The summed E-state index contributed by atoms with van der Waals surface area (Å²) in [6.07, 6.45) is 4.67. The van der Waals surface area contributed by atoms with Crippen LogP contribution < -0.4 is 20.5 Å². The SMILES string of the molecule is CCOc1cc2c(cc1CNC(=O)C1(N)CCCC1)OC(C)C2.Cl. The van der Waals surface area contributed by atoms with Crippen molar-refractivity contribution in [2.75, 3.05) is 6.61 Å². The predicted molar refractivity (Wildman–Crippen MR) is 95.9 cm³/mol. The lowest BCUT2D eigenvalue weighted by Gasteiger charge is -2.22. The Morgan fingerprint density at radius 2 is 2.12 bits per heavy atom. The number of nitrogens with one attached hydrogen (secondary N) is 1. The zero-order chi connectivity index (χ0) is 16.4. The van der Waals surface area contributed by atoms with E-state index in [0.29, 0.717) is 13.2 Å². The zero-order valence-corrected chi connectivity index (χ0v) is 15.2. The van der Waals surface area contributed by atoms with Crippen molar-refractivity contribution in [2.24, 2.45) is 5.73 Å². The van der Waals surface area contributed by atoms with E-state index in [1.807, 2.05) is 19.1 Å². The molecule has 1 saturated carbocycles. The van der Waals surface area contributed by atoms with Crippen LogP contribution in [0.5, 0.6) is 11.5 Å². The highest BCUT2D eigenvalue weighted by Crippen LogP contribution is 2.35. The number of rotatable bonds is 5. The first-order chi connectivity index (χ1) is 11.0. The first-order valence-electron chi connectivity index (χ1n) is 8.54. The van der Waals surface area contributed by atoms with Gasteiger partial charge in [0.25, 0.3) is 0 Å². The van der Waals surface area contributed by atoms with Gasteiger partial charge in [0.2, 0.25) is 5.91 Å².